The number of aryl methyl sites for hydroxylation is 1. The smallest absolute Gasteiger partial charge is 0.261 e. The van der Waals surface area contributed by atoms with Crippen molar-refractivity contribution in [3.63, 3.8) is 0 Å². The molecule has 0 radical (unpaired) electrons. The minimum Gasteiger partial charge on any atom is -0.344 e. The standard InChI is InChI=1S/C16H16N6OS2/c23-14(11-8-10-15(25-11)18-16-21(10)6-7-24-16)17-9-13-20-19-12-4-2-1-3-5-22(12)13/h6-8H,1-5,9H2,(H,17,23). The average molecular weight is 372 g/mol. The highest BCUT2D eigenvalue weighted by Crippen LogP contribution is 2.28. The Hall–Kier alpha value is -2.26. The van der Waals surface area contributed by atoms with Crippen LogP contribution in [0.3, 0.4) is 0 Å². The number of thiazole rings is 1. The van der Waals surface area contributed by atoms with E-state index in [4.69, 9.17) is 0 Å². The second-order valence-corrected chi connectivity index (χ2v) is 8.05. The SMILES string of the molecule is O=C(NCc1nnc2n1CCCCC2)c1cc2c(nc3sccn32)s1. The number of rotatable bonds is 3. The first-order chi connectivity index (χ1) is 12.3. The van der Waals surface area contributed by atoms with E-state index in [0.29, 0.717) is 11.4 Å². The maximum Gasteiger partial charge on any atom is 0.261 e. The molecule has 0 saturated heterocycles. The molecule has 9 heteroatoms. The zero-order chi connectivity index (χ0) is 16.8. The van der Waals surface area contributed by atoms with E-state index in [1.165, 1.54) is 17.8 Å². The highest BCUT2D eigenvalue weighted by Gasteiger charge is 2.18. The molecule has 25 heavy (non-hydrogen) atoms. The van der Waals surface area contributed by atoms with Crippen molar-refractivity contribution in [2.75, 3.05) is 0 Å². The van der Waals surface area contributed by atoms with Gasteiger partial charge in [0.05, 0.1) is 16.9 Å². The van der Waals surface area contributed by atoms with Gasteiger partial charge in [-0.1, -0.05) is 6.42 Å². The monoisotopic (exact) mass is 372 g/mol. The van der Waals surface area contributed by atoms with Crippen LogP contribution >= 0.6 is 22.7 Å². The van der Waals surface area contributed by atoms with Crippen molar-refractivity contribution in [1.29, 1.82) is 0 Å². The number of amides is 1. The van der Waals surface area contributed by atoms with Crippen molar-refractivity contribution < 1.29 is 4.79 Å². The van der Waals surface area contributed by atoms with Gasteiger partial charge in [0.2, 0.25) is 0 Å². The minimum absolute atomic E-state index is 0.0852. The van der Waals surface area contributed by atoms with Gasteiger partial charge in [0.15, 0.2) is 10.8 Å². The van der Waals surface area contributed by atoms with Gasteiger partial charge in [-0.05, 0) is 18.9 Å². The summed E-state index contributed by atoms with van der Waals surface area (Å²) in [5, 5.41) is 13.5. The first kappa shape index (κ1) is 15.0. The van der Waals surface area contributed by atoms with Gasteiger partial charge in [-0.25, -0.2) is 4.98 Å². The van der Waals surface area contributed by atoms with E-state index >= 15 is 0 Å². The minimum atomic E-state index is -0.0852. The molecular weight excluding hydrogens is 356 g/mol. The molecule has 0 fully saturated rings. The van der Waals surface area contributed by atoms with E-state index < -0.39 is 0 Å². The molecule has 7 nitrogen and oxygen atoms in total. The van der Waals surface area contributed by atoms with Crippen LogP contribution in [-0.2, 0) is 19.5 Å². The quantitative estimate of drug-likeness (QED) is 0.600. The Balaban J connectivity index is 1.35. The summed E-state index contributed by atoms with van der Waals surface area (Å²) in [7, 11) is 0. The Labute approximate surface area is 151 Å². The third-order valence-corrected chi connectivity index (χ3v) is 6.33. The lowest BCUT2D eigenvalue weighted by Crippen LogP contribution is -2.24. The summed E-state index contributed by atoms with van der Waals surface area (Å²) < 4.78 is 4.18. The summed E-state index contributed by atoms with van der Waals surface area (Å²) >= 11 is 3.02. The van der Waals surface area contributed by atoms with Gasteiger partial charge >= 0.3 is 0 Å². The number of fused-ring (bicyclic) bond motifs is 4. The Morgan fingerprint density at radius 1 is 1.28 bits per heavy atom. The second-order valence-electron chi connectivity index (χ2n) is 6.15. The van der Waals surface area contributed by atoms with E-state index in [1.807, 2.05) is 22.0 Å². The third-order valence-electron chi connectivity index (χ3n) is 4.56. The van der Waals surface area contributed by atoms with E-state index in [1.54, 1.807) is 11.3 Å². The Morgan fingerprint density at radius 3 is 3.20 bits per heavy atom. The average Bonchev–Trinajstić information content (AvgIpc) is 3.32. The van der Waals surface area contributed by atoms with Crippen LogP contribution in [0.4, 0.5) is 0 Å². The molecule has 1 N–H and O–H groups in total. The van der Waals surface area contributed by atoms with Gasteiger partial charge in [0.1, 0.15) is 10.7 Å². The first-order valence-electron chi connectivity index (χ1n) is 8.34. The van der Waals surface area contributed by atoms with Crippen LogP contribution < -0.4 is 5.32 Å². The van der Waals surface area contributed by atoms with E-state index in [2.05, 4.69) is 25.1 Å². The molecule has 4 aromatic rings. The fourth-order valence-corrected chi connectivity index (χ4v) is 5.00. The lowest BCUT2D eigenvalue weighted by molar-refractivity contribution is 0.0953. The lowest BCUT2D eigenvalue weighted by atomic mass is 10.2. The first-order valence-corrected chi connectivity index (χ1v) is 10.0. The molecular formula is C16H16N6OS2. The Morgan fingerprint density at radius 2 is 2.24 bits per heavy atom. The van der Waals surface area contributed by atoms with E-state index in [0.717, 1.165) is 52.8 Å². The molecule has 0 aromatic carbocycles. The third kappa shape index (κ3) is 2.54. The van der Waals surface area contributed by atoms with Crippen LogP contribution in [0.15, 0.2) is 17.6 Å². The molecule has 0 bridgehead atoms. The number of carbonyl (C=O) groups excluding carboxylic acids is 1. The number of hydrogen-bond donors (Lipinski definition) is 1. The largest absolute Gasteiger partial charge is 0.344 e. The van der Waals surface area contributed by atoms with Crippen LogP contribution in [-0.4, -0.2) is 30.1 Å². The number of hydrogen-bond acceptors (Lipinski definition) is 6. The predicted octanol–water partition coefficient (Wildman–Crippen LogP) is 2.86. The highest BCUT2D eigenvalue weighted by atomic mass is 32.1. The number of nitrogens with one attached hydrogen (secondary N) is 1. The molecule has 5 heterocycles. The van der Waals surface area contributed by atoms with E-state index in [9.17, 15) is 4.79 Å². The summed E-state index contributed by atoms with van der Waals surface area (Å²) in [6, 6.07) is 1.91. The fourth-order valence-electron chi connectivity index (χ4n) is 3.28. The van der Waals surface area contributed by atoms with Crippen molar-refractivity contribution in [1.82, 2.24) is 29.5 Å². The molecule has 5 rings (SSSR count). The van der Waals surface area contributed by atoms with Crippen LogP contribution in [0.1, 0.15) is 40.6 Å². The summed E-state index contributed by atoms with van der Waals surface area (Å²) in [6.07, 6.45) is 6.49. The van der Waals surface area contributed by atoms with Crippen molar-refractivity contribution in [3.05, 3.63) is 34.2 Å². The van der Waals surface area contributed by atoms with Crippen molar-refractivity contribution in [2.24, 2.45) is 0 Å². The molecule has 0 unspecified atom stereocenters. The summed E-state index contributed by atoms with van der Waals surface area (Å²) in [5.74, 6) is 1.79. The zero-order valence-electron chi connectivity index (χ0n) is 13.4. The molecule has 0 atom stereocenters. The Kier molecular flexibility index (Phi) is 3.56. The lowest BCUT2D eigenvalue weighted by Gasteiger charge is -2.07. The second kappa shape index (κ2) is 5.92. The van der Waals surface area contributed by atoms with Crippen LogP contribution in [0, 0.1) is 0 Å². The van der Waals surface area contributed by atoms with Crippen molar-refractivity contribution in [2.45, 2.75) is 38.8 Å². The number of imidazole rings is 1. The topological polar surface area (TPSA) is 77.1 Å². The highest BCUT2D eigenvalue weighted by molar-refractivity contribution is 7.21. The van der Waals surface area contributed by atoms with Crippen LogP contribution in [0.25, 0.3) is 15.3 Å². The van der Waals surface area contributed by atoms with Crippen LogP contribution in [0.5, 0.6) is 0 Å². The predicted molar refractivity (Wildman–Crippen MR) is 97.2 cm³/mol. The summed E-state index contributed by atoms with van der Waals surface area (Å²) in [4.78, 5) is 19.6. The summed E-state index contributed by atoms with van der Waals surface area (Å²) in [6.45, 7) is 1.35. The molecule has 0 saturated carbocycles. The number of nitrogens with zero attached hydrogens (tertiary/aromatic N) is 5. The number of aromatic nitrogens is 5. The maximum absolute atomic E-state index is 12.5. The zero-order valence-corrected chi connectivity index (χ0v) is 15.1. The summed E-state index contributed by atoms with van der Waals surface area (Å²) in [5.41, 5.74) is 0.989. The van der Waals surface area contributed by atoms with Crippen LogP contribution in [0.2, 0.25) is 0 Å². The number of thiophene rings is 1. The molecule has 1 amide bonds. The molecule has 1 aliphatic rings. The molecule has 128 valence electrons. The van der Waals surface area contributed by atoms with Crippen molar-refractivity contribution >= 4 is 43.9 Å². The van der Waals surface area contributed by atoms with Gasteiger partial charge in [0.25, 0.3) is 5.91 Å². The Bertz CT molecular complexity index is 1070. The van der Waals surface area contributed by atoms with Gasteiger partial charge in [0, 0.05) is 24.5 Å². The van der Waals surface area contributed by atoms with Gasteiger partial charge in [-0.15, -0.1) is 32.9 Å². The van der Waals surface area contributed by atoms with Gasteiger partial charge in [-0.2, -0.15) is 0 Å². The van der Waals surface area contributed by atoms with E-state index in [-0.39, 0.29) is 5.91 Å². The molecule has 0 spiro atoms. The normalized spacial score (nSPS) is 14.7. The van der Waals surface area contributed by atoms with Gasteiger partial charge in [-0.3, -0.25) is 9.20 Å². The van der Waals surface area contributed by atoms with Gasteiger partial charge < -0.3 is 9.88 Å². The maximum atomic E-state index is 12.5. The fraction of sp³-hybridized carbons (Fsp3) is 0.375. The van der Waals surface area contributed by atoms with Crippen molar-refractivity contribution in [3.8, 4) is 0 Å². The molecule has 1 aliphatic heterocycles. The molecule has 0 aliphatic carbocycles. The number of carbonyl (C=O) groups is 1. The molecule has 4 aromatic heterocycles.